The first-order valence-corrected chi connectivity index (χ1v) is 44.8. The quantitative estimate of drug-likeness (QED) is 0.0146. The second-order valence-corrected chi connectivity index (χ2v) is 30.4. The van der Waals surface area contributed by atoms with Gasteiger partial charge in [0.25, 0.3) is 0 Å². The topological polar surface area (TPSA) is 231 Å². The van der Waals surface area contributed by atoms with Gasteiger partial charge in [-0.25, -0.2) is 9.13 Å². The lowest BCUT2D eigenvalue weighted by molar-refractivity contribution is -0.161. The number of phosphoric acid groups is 2. The Labute approximate surface area is 650 Å². The van der Waals surface area contributed by atoms with Gasteiger partial charge in [-0.1, -0.05) is 326 Å². The van der Waals surface area contributed by atoms with Gasteiger partial charge in [0.2, 0.25) is 0 Å². The molecule has 0 aromatic rings. The minimum absolute atomic E-state index is 0.0810. The fraction of sp³-hybridized carbons (Fsp3) is 0.674. The molecule has 0 bridgehead atoms. The van der Waals surface area contributed by atoms with Crippen molar-refractivity contribution < 1.29 is 75.8 Å². The average molecular weight is 1540 g/mol. The number of ether oxygens (including phenoxy) is 3. The van der Waals surface area contributed by atoms with Gasteiger partial charge < -0.3 is 34.2 Å². The van der Waals surface area contributed by atoms with Gasteiger partial charge in [-0.3, -0.25) is 32.5 Å². The SMILES string of the molecule is CC/C=C\C/C=C\C/C=C\C/C=C\C/C=C\CCCCCCCCCCCCCCCC(=O)OCC(O)COP(=O)(O)OCC(O)COP(=O)(O)OCC(COC(=O)CCCCCCCCCCCCC/C=C\C/C=C\C/C=C\C/C=C\C/C=C\CC)OC(=O)CCCCCCC/C=C\C/C=C\C/C=C\CC. The summed E-state index contributed by atoms with van der Waals surface area (Å²) in [7, 11) is -9.81. The van der Waals surface area contributed by atoms with E-state index < -0.39 is 91.5 Å². The largest absolute Gasteiger partial charge is 0.472 e. The molecular weight excluding hydrogens is 1390 g/mol. The van der Waals surface area contributed by atoms with Crippen LogP contribution in [0.3, 0.4) is 0 Å². The number of esters is 3. The van der Waals surface area contributed by atoms with Gasteiger partial charge in [0.1, 0.15) is 25.4 Å². The molecule has 0 saturated carbocycles. The molecule has 0 aliphatic heterocycles. The maximum Gasteiger partial charge on any atom is 0.472 e. The molecule has 0 radical (unpaired) electrons. The molecule has 0 saturated heterocycles. The highest BCUT2D eigenvalue weighted by Gasteiger charge is 2.29. The molecule has 0 aliphatic carbocycles. The summed E-state index contributed by atoms with van der Waals surface area (Å²) in [4.78, 5) is 58.8. The first-order valence-electron chi connectivity index (χ1n) is 41.8. The molecule has 0 aliphatic rings. The summed E-state index contributed by atoms with van der Waals surface area (Å²) in [6.07, 6.45) is 102. The molecule has 0 amide bonds. The van der Waals surface area contributed by atoms with Crippen molar-refractivity contribution in [3.8, 4) is 0 Å². The molecule has 4 N–H and O–H groups in total. The van der Waals surface area contributed by atoms with E-state index in [4.69, 9.17) is 32.3 Å². The highest BCUT2D eigenvalue weighted by Crippen LogP contribution is 2.45. The summed E-state index contributed by atoms with van der Waals surface area (Å²) < 4.78 is 61.2. The van der Waals surface area contributed by atoms with E-state index in [0.29, 0.717) is 19.3 Å². The number of carbonyl (C=O) groups is 3. The monoisotopic (exact) mass is 1540 g/mol. The molecular formula is C89H150O16P2. The van der Waals surface area contributed by atoms with Crippen LogP contribution in [0.5, 0.6) is 0 Å². The summed E-state index contributed by atoms with van der Waals surface area (Å²) in [5.74, 6) is -1.60. The van der Waals surface area contributed by atoms with Crippen molar-refractivity contribution in [3.05, 3.63) is 158 Å². The third-order valence-electron chi connectivity index (χ3n) is 17.2. The van der Waals surface area contributed by atoms with Gasteiger partial charge in [0.05, 0.1) is 26.4 Å². The van der Waals surface area contributed by atoms with Gasteiger partial charge in [0.15, 0.2) is 6.10 Å². The van der Waals surface area contributed by atoms with Crippen LogP contribution in [-0.4, -0.2) is 95.9 Å². The maximum absolute atomic E-state index is 13.0. The number of allylic oxidation sites excluding steroid dienone is 26. The fourth-order valence-electron chi connectivity index (χ4n) is 11.0. The average Bonchev–Trinajstić information content (AvgIpc) is 0.914. The number of phosphoric ester groups is 2. The van der Waals surface area contributed by atoms with E-state index in [1.54, 1.807) is 0 Å². The maximum atomic E-state index is 13.0. The number of hydrogen-bond donors (Lipinski definition) is 4. The molecule has 16 nitrogen and oxygen atoms in total. The number of rotatable bonds is 78. The first-order chi connectivity index (χ1) is 52.2. The minimum atomic E-state index is -4.94. The van der Waals surface area contributed by atoms with Crippen molar-refractivity contribution in [1.29, 1.82) is 0 Å². The molecule has 0 heterocycles. The van der Waals surface area contributed by atoms with E-state index in [1.165, 1.54) is 96.3 Å². The van der Waals surface area contributed by atoms with Crippen LogP contribution in [0.4, 0.5) is 0 Å². The normalized spacial score (nSPS) is 14.7. The zero-order valence-corrected chi connectivity index (χ0v) is 68.8. The molecule has 107 heavy (non-hydrogen) atoms. The molecule has 0 aromatic heterocycles. The van der Waals surface area contributed by atoms with Crippen LogP contribution >= 0.6 is 15.6 Å². The predicted molar refractivity (Wildman–Crippen MR) is 445 cm³/mol. The molecule has 0 fully saturated rings. The molecule has 0 spiro atoms. The summed E-state index contributed by atoms with van der Waals surface area (Å²) in [6.45, 7) is 2.33. The Hall–Kier alpha value is -4.83. The van der Waals surface area contributed by atoms with Crippen LogP contribution < -0.4 is 0 Å². The van der Waals surface area contributed by atoms with Gasteiger partial charge in [-0.2, -0.15) is 0 Å². The van der Waals surface area contributed by atoms with Gasteiger partial charge in [-0.05, 0) is 141 Å². The summed E-state index contributed by atoms with van der Waals surface area (Å²) in [5, 5.41) is 20.7. The Morgan fingerprint density at radius 3 is 0.738 bits per heavy atom. The van der Waals surface area contributed by atoms with Crippen molar-refractivity contribution in [2.75, 3.05) is 39.6 Å². The lowest BCUT2D eigenvalue weighted by atomic mass is 10.0. The summed E-state index contributed by atoms with van der Waals surface area (Å²) in [5.41, 5.74) is 0. The van der Waals surface area contributed by atoms with E-state index >= 15 is 0 Å². The Morgan fingerprint density at radius 2 is 0.467 bits per heavy atom. The zero-order chi connectivity index (χ0) is 78.0. The van der Waals surface area contributed by atoms with E-state index in [0.717, 1.165) is 173 Å². The standard InChI is InChI=1S/C89H150O16P2/c1-4-7-10-13-16-19-22-25-28-30-32-34-36-38-40-41-43-45-46-48-50-52-55-57-60-63-66-69-72-75-87(92)99-78-84(90)79-101-106(95,96)102-80-85(91)81-103-107(97,98)104-83-86(105-89(94)77-74-71-68-65-62-59-54-27-24-21-18-15-12-9-6-3)82-100-88(93)76-73-70-67-64-61-58-56-53-51-49-47-44-42-39-37-35-33-31-29-26-23-20-17-14-11-8-5-2/h7-12,16-21,25-29,32-35,38-40,42,54,84-86,90-91H,4-6,13-15,22-24,30-31,36-37,41,43-53,55-83H2,1-3H3,(H,95,96)(H,97,98)/b10-7-,11-8-,12-9-,19-16-,20-17-,21-18-,28-25-,29-26-,34-32-,35-33-,40-38-,42-39-,54-27-. The zero-order valence-electron chi connectivity index (χ0n) is 67.0. The number of aliphatic hydroxyl groups excluding tert-OH is 2. The number of unbranched alkanes of at least 4 members (excludes halogenated alkanes) is 29. The van der Waals surface area contributed by atoms with E-state index in [1.807, 2.05) is 0 Å². The molecule has 18 heteroatoms. The van der Waals surface area contributed by atoms with E-state index in [9.17, 15) is 43.5 Å². The van der Waals surface area contributed by atoms with Crippen molar-refractivity contribution >= 4 is 33.6 Å². The number of carbonyl (C=O) groups excluding carboxylic acids is 3. The smallest absolute Gasteiger partial charge is 0.463 e. The van der Waals surface area contributed by atoms with Gasteiger partial charge >= 0.3 is 33.6 Å². The molecule has 612 valence electrons. The van der Waals surface area contributed by atoms with Crippen molar-refractivity contribution in [2.45, 2.75) is 347 Å². The van der Waals surface area contributed by atoms with Crippen LogP contribution in [0.25, 0.3) is 0 Å². The number of hydrogen-bond acceptors (Lipinski definition) is 14. The highest BCUT2D eigenvalue weighted by molar-refractivity contribution is 7.47. The Kier molecular flexibility index (Phi) is 77.0. The second kappa shape index (κ2) is 80.7. The third-order valence-corrected chi connectivity index (χ3v) is 19.1. The Morgan fingerprint density at radius 1 is 0.262 bits per heavy atom. The van der Waals surface area contributed by atoms with Crippen molar-refractivity contribution in [2.24, 2.45) is 0 Å². The van der Waals surface area contributed by atoms with Gasteiger partial charge in [-0.15, -0.1) is 0 Å². The van der Waals surface area contributed by atoms with Crippen LogP contribution in [0.1, 0.15) is 329 Å². The first kappa shape index (κ1) is 102. The van der Waals surface area contributed by atoms with Crippen LogP contribution in [0, 0.1) is 0 Å². The van der Waals surface area contributed by atoms with Crippen molar-refractivity contribution in [3.63, 3.8) is 0 Å². The second-order valence-electron chi connectivity index (χ2n) is 27.5. The van der Waals surface area contributed by atoms with Crippen LogP contribution in [-0.2, 0) is 55.8 Å². The van der Waals surface area contributed by atoms with Crippen molar-refractivity contribution in [1.82, 2.24) is 0 Å². The molecule has 5 unspecified atom stereocenters. The fourth-order valence-corrected chi connectivity index (χ4v) is 12.6. The van der Waals surface area contributed by atoms with Crippen LogP contribution in [0.15, 0.2) is 158 Å². The van der Waals surface area contributed by atoms with E-state index in [2.05, 4.69) is 179 Å². The van der Waals surface area contributed by atoms with Gasteiger partial charge in [0, 0.05) is 19.3 Å². The predicted octanol–water partition coefficient (Wildman–Crippen LogP) is 25.0. The summed E-state index contributed by atoms with van der Waals surface area (Å²) in [6, 6.07) is 0. The molecule has 0 rings (SSSR count). The molecule has 5 atom stereocenters. The van der Waals surface area contributed by atoms with Crippen LogP contribution in [0.2, 0.25) is 0 Å². The number of aliphatic hydroxyl groups is 2. The lowest BCUT2D eigenvalue weighted by Crippen LogP contribution is -2.30. The lowest BCUT2D eigenvalue weighted by Gasteiger charge is -2.21. The summed E-state index contributed by atoms with van der Waals surface area (Å²) >= 11 is 0. The van der Waals surface area contributed by atoms with E-state index in [-0.39, 0.29) is 19.3 Å². The third kappa shape index (κ3) is 82.0. The highest BCUT2D eigenvalue weighted by atomic mass is 31.2. The Balaban J connectivity index is 4.54. The molecule has 0 aromatic carbocycles. The Bertz CT molecular complexity index is 2580. The minimum Gasteiger partial charge on any atom is -0.463 e.